The molecule has 1 rings (SSSR count). The topological polar surface area (TPSA) is 66.7 Å². The lowest BCUT2D eigenvalue weighted by Gasteiger charge is -2.25. The Balaban J connectivity index is 0.000000500. The Labute approximate surface area is 84.0 Å². The van der Waals surface area contributed by atoms with Crippen molar-refractivity contribution in [3.8, 4) is 0 Å². The minimum absolute atomic E-state index is 0.250. The van der Waals surface area contributed by atoms with Gasteiger partial charge in [-0.15, -0.1) is 0 Å². The molecular formula is C10H17NO3. The Bertz CT molecular complexity index is 211. The normalized spacial score (nSPS) is 27.1. The highest BCUT2D eigenvalue weighted by Gasteiger charge is 2.20. The van der Waals surface area contributed by atoms with Crippen LogP contribution in [0, 0.1) is 11.8 Å². The molecule has 1 aliphatic carbocycles. The smallest absolute Gasteiger partial charge is 0.373 e. The maximum Gasteiger partial charge on any atom is 0.373 e. The average Bonchev–Trinajstić information content (AvgIpc) is 2.19. The summed E-state index contributed by atoms with van der Waals surface area (Å²) in [6.45, 7) is 4.21. The monoisotopic (exact) mass is 199 g/mol. The van der Waals surface area contributed by atoms with Gasteiger partial charge < -0.3 is 5.21 Å². The fourth-order valence-electron chi connectivity index (χ4n) is 1.76. The fourth-order valence-corrected chi connectivity index (χ4v) is 1.76. The van der Waals surface area contributed by atoms with Crippen molar-refractivity contribution in [2.45, 2.75) is 39.5 Å². The second-order valence-corrected chi connectivity index (χ2v) is 3.78. The van der Waals surface area contributed by atoms with E-state index in [-0.39, 0.29) is 6.15 Å². The van der Waals surface area contributed by atoms with E-state index in [4.69, 9.17) is 14.8 Å². The van der Waals surface area contributed by atoms with Gasteiger partial charge in [0.1, 0.15) is 0 Å². The van der Waals surface area contributed by atoms with Gasteiger partial charge in [0.05, 0.1) is 5.71 Å². The second-order valence-electron chi connectivity index (χ2n) is 3.78. The van der Waals surface area contributed by atoms with Crippen molar-refractivity contribution in [3.05, 3.63) is 0 Å². The van der Waals surface area contributed by atoms with Crippen LogP contribution in [0.5, 0.6) is 0 Å². The van der Waals surface area contributed by atoms with Crippen molar-refractivity contribution >= 4 is 11.9 Å². The highest BCUT2D eigenvalue weighted by atomic mass is 16.4. The van der Waals surface area contributed by atoms with Crippen molar-refractivity contribution in [3.63, 3.8) is 0 Å². The first-order valence-corrected chi connectivity index (χ1v) is 4.83. The maximum atomic E-state index is 8.54. The van der Waals surface area contributed by atoms with Gasteiger partial charge in [0.15, 0.2) is 0 Å². The highest BCUT2D eigenvalue weighted by molar-refractivity contribution is 5.83. The van der Waals surface area contributed by atoms with Gasteiger partial charge in [-0.25, -0.2) is 0 Å². The van der Waals surface area contributed by atoms with Gasteiger partial charge in [0, 0.05) is 5.92 Å². The summed E-state index contributed by atoms with van der Waals surface area (Å²) < 4.78 is 0. The minimum Gasteiger partial charge on any atom is -0.411 e. The highest BCUT2D eigenvalue weighted by Crippen LogP contribution is 2.28. The predicted octanol–water partition coefficient (Wildman–Crippen LogP) is 2.08. The lowest BCUT2D eigenvalue weighted by atomic mass is 9.81. The van der Waals surface area contributed by atoms with Gasteiger partial charge in [-0.05, 0) is 25.7 Å². The van der Waals surface area contributed by atoms with Crippen LogP contribution in [0.2, 0.25) is 0 Å². The van der Waals surface area contributed by atoms with Gasteiger partial charge in [-0.2, -0.15) is 9.59 Å². The van der Waals surface area contributed by atoms with Crippen molar-refractivity contribution in [2.24, 2.45) is 17.0 Å². The Morgan fingerprint density at radius 3 is 2.07 bits per heavy atom. The van der Waals surface area contributed by atoms with Crippen LogP contribution < -0.4 is 0 Å². The van der Waals surface area contributed by atoms with E-state index >= 15 is 0 Å². The van der Waals surface area contributed by atoms with E-state index in [1.54, 1.807) is 0 Å². The Morgan fingerprint density at radius 2 is 1.71 bits per heavy atom. The SMILES string of the molecule is C/C(=N/O)C1CCC(C)CC1.O=C=O. The van der Waals surface area contributed by atoms with E-state index in [0.29, 0.717) is 5.92 Å². The average molecular weight is 199 g/mol. The molecule has 1 N–H and O–H groups in total. The molecule has 4 heteroatoms. The molecule has 0 aromatic rings. The molecule has 0 aromatic heterocycles. The first kappa shape index (κ1) is 12.8. The first-order valence-electron chi connectivity index (χ1n) is 4.83. The summed E-state index contributed by atoms with van der Waals surface area (Å²) in [5, 5.41) is 11.8. The van der Waals surface area contributed by atoms with Crippen molar-refractivity contribution in [2.75, 3.05) is 0 Å². The standard InChI is InChI=1S/C9H17NO.CO2/c1-7-3-5-9(6-4-7)8(2)10-11;2-1-3/h7,9,11H,3-6H2,1-2H3;/b10-8-;. The largest absolute Gasteiger partial charge is 0.411 e. The lowest BCUT2D eigenvalue weighted by Crippen LogP contribution is -2.18. The van der Waals surface area contributed by atoms with E-state index < -0.39 is 0 Å². The maximum absolute atomic E-state index is 8.54. The van der Waals surface area contributed by atoms with Crippen LogP contribution >= 0.6 is 0 Å². The number of hydrogen-bond acceptors (Lipinski definition) is 4. The molecule has 14 heavy (non-hydrogen) atoms. The number of oxime groups is 1. The molecular weight excluding hydrogens is 182 g/mol. The molecule has 0 bridgehead atoms. The number of carbonyl (C=O) groups excluding carboxylic acids is 2. The van der Waals surface area contributed by atoms with Crippen molar-refractivity contribution < 1.29 is 14.8 Å². The zero-order valence-corrected chi connectivity index (χ0v) is 8.69. The van der Waals surface area contributed by atoms with E-state index in [2.05, 4.69) is 12.1 Å². The van der Waals surface area contributed by atoms with Crippen LogP contribution in [0.1, 0.15) is 39.5 Å². The predicted molar refractivity (Wildman–Crippen MR) is 51.0 cm³/mol. The van der Waals surface area contributed by atoms with Gasteiger partial charge in [0.2, 0.25) is 0 Å². The summed E-state index contributed by atoms with van der Waals surface area (Å²) in [5.41, 5.74) is 0.914. The number of rotatable bonds is 1. The Hall–Kier alpha value is -1.15. The molecule has 1 saturated carbocycles. The first-order chi connectivity index (χ1) is 6.65. The van der Waals surface area contributed by atoms with Crippen molar-refractivity contribution in [1.29, 1.82) is 0 Å². The molecule has 0 saturated heterocycles. The lowest BCUT2D eigenvalue weighted by molar-refractivity contribution is -0.191. The summed E-state index contributed by atoms with van der Waals surface area (Å²) in [7, 11) is 0. The van der Waals surface area contributed by atoms with E-state index in [0.717, 1.165) is 11.6 Å². The third kappa shape index (κ3) is 4.77. The summed E-state index contributed by atoms with van der Waals surface area (Å²) in [6, 6.07) is 0. The molecule has 0 heterocycles. The molecule has 0 aliphatic heterocycles. The summed E-state index contributed by atoms with van der Waals surface area (Å²) in [5.74, 6) is 1.42. The molecule has 0 radical (unpaired) electrons. The third-order valence-electron chi connectivity index (χ3n) is 2.76. The van der Waals surface area contributed by atoms with E-state index in [1.165, 1.54) is 25.7 Å². The summed E-state index contributed by atoms with van der Waals surface area (Å²) in [4.78, 5) is 16.2. The van der Waals surface area contributed by atoms with E-state index in [9.17, 15) is 0 Å². The number of nitrogens with zero attached hydrogens (tertiary/aromatic N) is 1. The molecule has 0 aromatic carbocycles. The molecule has 0 spiro atoms. The van der Waals surface area contributed by atoms with Gasteiger partial charge in [-0.1, -0.05) is 24.9 Å². The van der Waals surface area contributed by atoms with Gasteiger partial charge in [0.25, 0.3) is 0 Å². The Kier molecular flexibility index (Phi) is 6.68. The summed E-state index contributed by atoms with van der Waals surface area (Å²) >= 11 is 0. The number of hydrogen-bond donors (Lipinski definition) is 1. The van der Waals surface area contributed by atoms with Crippen LogP contribution in [0.25, 0.3) is 0 Å². The third-order valence-corrected chi connectivity index (χ3v) is 2.76. The molecule has 1 fully saturated rings. The molecule has 0 amide bonds. The van der Waals surface area contributed by atoms with Gasteiger partial charge in [-0.3, -0.25) is 0 Å². The van der Waals surface area contributed by atoms with Crippen LogP contribution in [0.15, 0.2) is 5.16 Å². The molecule has 0 unspecified atom stereocenters. The zero-order chi connectivity index (χ0) is 11.0. The molecule has 1 aliphatic rings. The minimum atomic E-state index is 0.250. The molecule has 0 atom stereocenters. The molecule has 4 nitrogen and oxygen atoms in total. The second kappa shape index (κ2) is 7.27. The van der Waals surface area contributed by atoms with Crippen LogP contribution in [-0.4, -0.2) is 17.1 Å². The fraction of sp³-hybridized carbons (Fsp3) is 0.800. The van der Waals surface area contributed by atoms with Crippen molar-refractivity contribution in [1.82, 2.24) is 0 Å². The van der Waals surface area contributed by atoms with Gasteiger partial charge >= 0.3 is 6.15 Å². The zero-order valence-electron chi connectivity index (χ0n) is 8.69. The molecule has 80 valence electrons. The van der Waals surface area contributed by atoms with Crippen LogP contribution in [0.3, 0.4) is 0 Å². The van der Waals surface area contributed by atoms with Crippen LogP contribution in [0.4, 0.5) is 0 Å². The summed E-state index contributed by atoms with van der Waals surface area (Å²) in [6.07, 6.45) is 5.24. The van der Waals surface area contributed by atoms with E-state index in [1.807, 2.05) is 6.92 Å². The quantitative estimate of drug-likeness (QED) is 0.399. The Morgan fingerprint density at radius 1 is 1.29 bits per heavy atom. The van der Waals surface area contributed by atoms with Crippen LogP contribution in [-0.2, 0) is 9.59 Å².